The second kappa shape index (κ2) is 8.88. The van der Waals surface area contributed by atoms with Crippen LogP contribution in [0.25, 0.3) is 0 Å². The maximum Gasteiger partial charge on any atom is 0.175 e. The van der Waals surface area contributed by atoms with Gasteiger partial charge in [0.05, 0.1) is 24.9 Å². The van der Waals surface area contributed by atoms with Crippen LogP contribution in [0.2, 0.25) is 0 Å². The van der Waals surface area contributed by atoms with E-state index in [2.05, 4.69) is 65.7 Å². The average molecular weight is 448 g/mol. The Morgan fingerprint density at radius 1 is 1.09 bits per heavy atom. The first kappa shape index (κ1) is 24.0. The zero-order chi connectivity index (χ0) is 23.1. The SMILES string of the molecule is CCC1(C)CC2(OCC(C)O2)C(C)C(C)(CC)N1OC(C)c1ccc(OCC2CO2)cc1. The van der Waals surface area contributed by atoms with Crippen molar-refractivity contribution in [2.45, 2.75) is 103 Å². The Balaban J connectivity index is 1.53. The number of benzene rings is 1. The van der Waals surface area contributed by atoms with Gasteiger partial charge in [0.15, 0.2) is 5.79 Å². The van der Waals surface area contributed by atoms with Crippen LogP contribution in [-0.4, -0.2) is 54.0 Å². The Kier molecular flexibility index (Phi) is 6.65. The fourth-order valence-corrected chi connectivity index (χ4v) is 5.38. The Bertz CT molecular complexity index is 783. The number of rotatable bonds is 8. The number of epoxide rings is 1. The van der Waals surface area contributed by atoms with Crippen LogP contribution in [0.15, 0.2) is 24.3 Å². The Morgan fingerprint density at radius 2 is 1.78 bits per heavy atom. The number of piperidine rings is 1. The molecule has 7 unspecified atom stereocenters. The predicted octanol–water partition coefficient (Wildman–Crippen LogP) is 5.27. The van der Waals surface area contributed by atoms with Crippen molar-refractivity contribution in [1.29, 1.82) is 0 Å². The lowest BCUT2D eigenvalue weighted by molar-refractivity contribution is -0.379. The molecule has 0 N–H and O–H groups in total. The van der Waals surface area contributed by atoms with Crippen LogP contribution in [0.5, 0.6) is 5.75 Å². The van der Waals surface area contributed by atoms with Gasteiger partial charge < -0.3 is 18.9 Å². The van der Waals surface area contributed by atoms with Gasteiger partial charge in [0.1, 0.15) is 24.6 Å². The lowest BCUT2D eigenvalue weighted by atomic mass is 9.67. The Labute approximate surface area is 193 Å². The van der Waals surface area contributed by atoms with Gasteiger partial charge in [0, 0.05) is 17.9 Å². The molecule has 3 aliphatic heterocycles. The fourth-order valence-electron chi connectivity index (χ4n) is 5.38. The highest BCUT2D eigenvalue weighted by atomic mass is 16.8. The van der Waals surface area contributed by atoms with Gasteiger partial charge in [-0.25, -0.2) is 0 Å². The molecule has 32 heavy (non-hydrogen) atoms. The van der Waals surface area contributed by atoms with Crippen LogP contribution in [-0.2, 0) is 19.0 Å². The summed E-state index contributed by atoms with van der Waals surface area (Å²) in [6.45, 7) is 17.6. The molecule has 4 rings (SSSR count). The number of hydroxylamine groups is 2. The number of nitrogens with zero attached hydrogens (tertiary/aromatic N) is 1. The highest BCUT2D eigenvalue weighted by Gasteiger charge is 2.63. The van der Waals surface area contributed by atoms with Gasteiger partial charge >= 0.3 is 0 Å². The second-order valence-corrected chi connectivity index (χ2v) is 10.4. The van der Waals surface area contributed by atoms with E-state index in [0.717, 1.165) is 37.2 Å². The van der Waals surface area contributed by atoms with Crippen molar-refractivity contribution in [3.8, 4) is 5.75 Å². The molecule has 0 radical (unpaired) electrons. The summed E-state index contributed by atoms with van der Waals surface area (Å²) < 4.78 is 23.8. The van der Waals surface area contributed by atoms with Crippen molar-refractivity contribution in [3.05, 3.63) is 29.8 Å². The van der Waals surface area contributed by atoms with Crippen LogP contribution in [0.4, 0.5) is 0 Å². The molecule has 7 atom stereocenters. The topological polar surface area (TPSA) is 52.7 Å². The summed E-state index contributed by atoms with van der Waals surface area (Å²) in [6.07, 6.45) is 2.98. The maximum atomic E-state index is 6.80. The lowest BCUT2D eigenvalue weighted by Crippen LogP contribution is -2.71. The summed E-state index contributed by atoms with van der Waals surface area (Å²) in [6, 6.07) is 8.23. The van der Waals surface area contributed by atoms with Crippen molar-refractivity contribution in [1.82, 2.24) is 5.06 Å². The van der Waals surface area contributed by atoms with E-state index in [1.165, 1.54) is 0 Å². The molecule has 3 aliphatic rings. The smallest absolute Gasteiger partial charge is 0.175 e. The van der Waals surface area contributed by atoms with E-state index in [-0.39, 0.29) is 35.3 Å². The average Bonchev–Trinajstić information content (AvgIpc) is 3.55. The summed E-state index contributed by atoms with van der Waals surface area (Å²) in [5, 5.41) is 2.28. The zero-order valence-electron chi connectivity index (χ0n) is 20.8. The molecule has 0 aromatic heterocycles. The zero-order valence-corrected chi connectivity index (χ0v) is 20.8. The van der Waals surface area contributed by atoms with Gasteiger partial charge in [-0.15, -0.1) is 0 Å². The van der Waals surface area contributed by atoms with Gasteiger partial charge in [-0.05, 0) is 58.2 Å². The third-order valence-corrected chi connectivity index (χ3v) is 8.07. The first-order valence-corrected chi connectivity index (χ1v) is 12.3. The van der Waals surface area contributed by atoms with Gasteiger partial charge in [0.25, 0.3) is 0 Å². The van der Waals surface area contributed by atoms with Crippen LogP contribution in [0, 0.1) is 5.92 Å². The minimum absolute atomic E-state index is 0.0850. The third-order valence-electron chi connectivity index (χ3n) is 8.07. The predicted molar refractivity (Wildman–Crippen MR) is 123 cm³/mol. The molecule has 6 nitrogen and oxygen atoms in total. The van der Waals surface area contributed by atoms with Crippen molar-refractivity contribution in [2.24, 2.45) is 5.92 Å². The molecule has 0 amide bonds. The molecule has 0 bridgehead atoms. The van der Waals surface area contributed by atoms with Crippen LogP contribution in [0.1, 0.15) is 79.4 Å². The molecule has 3 fully saturated rings. The van der Waals surface area contributed by atoms with E-state index in [4.69, 9.17) is 23.8 Å². The Morgan fingerprint density at radius 3 is 2.31 bits per heavy atom. The summed E-state index contributed by atoms with van der Waals surface area (Å²) in [7, 11) is 0. The molecule has 3 saturated heterocycles. The quantitative estimate of drug-likeness (QED) is 0.506. The number of hydrogen-bond acceptors (Lipinski definition) is 6. The molecule has 0 saturated carbocycles. The van der Waals surface area contributed by atoms with E-state index >= 15 is 0 Å². The molecule has 1 spiro atoms. The van der Waals surface area contributed by atoms with Gasteiger partial charge in [-0.1, -0.05) is 32.9 Å². The highest BCUT2D eigenvalue weighted by Crippen LogP contribution is 2.54. The van der Waals surface area contributed by atoms with Crippen LogP contribution < -0.4 is 4.74 Å². The van der Waals surface area contributed by atoms with Crippen molar-refractivity contribution in [2.75, 3.05) is 19.8 Å². The minimum Gasteiger partial charge on any atom is -0.491 e. The fraction of sp³-hybridized carbons (Fsp3) is 0.769. The van der Waals surface area contributed by atoms with Crippen molar-refractivity contribution in [3.63, 3.8) is 0 Å². The molecule has 1 aromatic rings. The molecule has 3 heterocycles. The van der Waals surface area contributed by atoms with Crippen LogP contribution in [0.3, 0.4) is 0 Å². The van der Waals surface area contributed by atoms with Crippen molar-refractivity contribution >= 4 is 0 Å². The summed E-state index contributed by atoms with van der Waals surface area (Å²) >= 11 is 0. The van der Waals surface area contributed by atoms with E-state index in [0.29, 0.717) is 13.2 Å². The van der Waals surface area contributed by atoms with E-state index in [1.54, 1.807) is 0 Å². The summed E-state index contributed by atoms with van der Waals surface area (Å²) in [5.41, 5.74) is 0.698. The summed E-state index contributed by atoms with van der Waals surface area (Å²) in [4.78, 5) is 6.80. The summed E-state index contributed by atoms with van der Waals surface area (Å²) in [5.74, 6) is 0.478. The molecular formula is C26H41NO5. The molecule has 6 heteroatoms. The lowest BCUT2D eigenvalue weighted by Gasteiger charge is -2.62. The normalized spacial score (nSPS) is 40.5. The maximum absolute atomic E-state index is 6.80. The minimum atomic E-state index is -0.553. The highest BCUT2D eigenvalue weighted by molar-refractivity contribution is 5.28. The first-order valence-electron chi connectivity index (χ1n) is 12.3. The second-order valence-electron chi connectivity index (χ2n) is 10.4. The van der Waals surface area contributed by atoms with E-state index in [1.807, 2.05) is 12.1 Å². The van der Waals surface area contributed by atoms with Gasteiger partial charge in [-0.2, -0.15) is 5.06 Å². The number of hydrogen-bond donors (Lipinski definition) is 0. The molecular weight excluding hydrogens is 406 g/mol. The largest absolute Gasteiger partial charge is 0.491 e. The van der Waals surface area contributed by atoms with Crippen LogP contribution >= 0.6 is 0 Å². The van der Waals surface area contributed by atoms with E-state index < -0.39 is 5.79 Å². The number of ether oxygens (including phenoxy) is 4. The van der Waals surface area contributed by atoms with E-state index in [9.17, 15) is 0 Å². The third kappa shape index (κ3) is 4.32. The monoisotopic (exact) mass is 447 g/mol. The van der Waals surface area contributed by atoms with Gasteiger partial charge in [-0.3, -0.25) is 4.84 Å². The standard InChI is InChI=1S/C26H41NO5/c1-8-24(6)17-26(30-14-18(3)31-26)20(5)25(7,9-2)27(24)32-19(4)21-10-12-22(13-11-21)28-15-23-16-29-23/h10-13,18-20,23H,8-9,14-17H2,1-7H3. The first-order chi connectivity index (χ1) is 15.2. The van der Waals surface area contributed by atoms with Crippen molar-refractivity contribution < 1.29 is 23.8 Å². The molecule has 180 valence electrons. The Hall–Kier alpha value is -1.18. The van der Waals surface area contributed by atoms with Gasteiger partial charge in [0.2, 0.25) is 0 Å². The molecule has 1 aromatic carbocycles. The molecule has 0 aliphatic carbocycles.